The largest absolute Gasteiger partial charge is 0.480 e. The number of carboxylic acid groups (broad SMARTS) is 1. The Morgan fingerprint density at radius 3 is 2.63 bits per heavy atom. The molecule has 0 saturated heterocycles. The van der Waals surface area contributed by atoms with Crippen LogP contribution in [0.25, 0.3) is 0 Å². The first-order valence-corrected chi connectivity index (χ1v) is 7.59. The van der Waals surface area contributed by atoms with Crippen LogP contribution in [0.4, 0.5) is 5.69 Å². The Morgan fingerprint density at radius 2 is 2.05 bits per heavy atom. The number of hydrogen-bond acceptors (Lipinski definition) is 2. The summed E-state index contributed by atoms with van der Waals surface area (Å²) < 4.78 is 0.953. The van der Waals surface area contributed by atoms with Gasteiger partial charge in [-0.1, -0.05) is 41.3 Å². The summed E-state index contributed by atoms with van der Waals surface area (Å²) in [5.41, 5.74) is -0.0360. The first-order chi connectivity index (χ1) is 9.02. The normalized spacial score (nSPS) is 19.7. The van der Waals surface area contributed by atoms with Gasteiger partial charge in [0.2, 0.25) is 0 Å². The Kier molecular flexibility index (Phi) is 4.50. The SMILES string of the molecule is CC(Nc1cccc(Br)c1)(C(=O)O)C1CCCCC1. The summed E-state index contributed by atoms with van der Waals surface area (Å²) in [4.78, 5) is 11.7. The maximum atomic E-state index is 11.7. The van der Waals surface area contributed by atoms with E-state index in [1.165, 1.54) is 6.42 Å². The molecule has 1 unspecified atom stereocenters. The number of hydrogen-bond donors (Lipinski definition) is 2. The molecule has 19 heavy (non-hydrogen) atoms. The number of benzene rings is 1. The summed E-state index contributed by atoms with van der Waals surface area (Å²) in [6.07, 6.45) is 5.47. The molecule has 1 atom stereocenters. The highest BCUT2D eigenvalue weighted by Gasteiger charge is 2.41. The number of carbonyl (C=O) groups is 1. The van der Waals surface area contributed by atoms with Crippen molar-refractivity contribution >= 4 is 27.6 Å². The number of halogens is 1. The summed E-state index contributed by atoms with van der Waals surface area (Å²) >= 11 is 3.42. The van der Waals surface area contributed by atoms with Crippen LogP contribution in [-0.2, 0) is 4.79 Å². The van der Waals surface area contributed by atoms with Gasteiger partial charge in [0, 0.05) is 10.2 Å². The first kappa shape index (κ1) is 14.4. The zero-order valence-electron chi connectivity index (χ0n) is 11.2. The van der Waals surface area contributed by atoms with E-state index >= 15 is 0 Å². The van der Waals surface area contributed by atoms with E-state index in [0.717, 1.165) is 35.8 Å². The molecule has 0 radical (unpaired) electrons. The molecule has 2 rings (SSSR count). The lowest BCUT2D eigenvalue weighted by Gasteiger charge is -2.37. The van der Waals surface area contributed by atoms with Gasteiger partial charge in [-0.05, 0) is 43.9 Å². The highest BCUT2D eigenvalue weighted by Crippen LogP contribution is 2.35. The van der Waals surface area contributed by atoms with Gasteiger partial charge in [-0.25, -0.2) is 4.79 Å². The standard InChI is InChI=1S/C15H20BrNO2/c1-15(14(18)19,11-6-3-2-4-7-11)17-13-9-5-8-12(16)10-13/h5,8-11,17H,2-4,6-7H2,1H3,(H,18,19). The molecule has 0 aromatic heterocycles. The van der Waals surface area contributed by atoms with Crippen molar-refractivity contribution in [3.8, 4) is 0 Å². The molecule has 1 aliphatic rings. The van der Waals surface area contributed by atoms with E-state index in [1.54, 1.807) is 0 Å². The zero-order valence-corrected chi connectivity index (χ0v) is 12.7. The van der Waals surface area contributed by atoms with Gasteiger partial charge >= 0.3 is 5.97 Å². The van der Waals surface area contributed by atoms with Crippen molar-refractivity contribution in [2.45, 2.75) is 44.6 Å². The molecule has 0 heterocycles. The van der Waals surface area contributed by atoms with E-state index in [4.69, 9.17) is 0 Å². The quantitative estimate of drug-likeness (QED) is 0.868. The van der Waals surface area contributed by atoms with Gasteiger partial charge in [0.25, 0.3) is 0 Å². The third-order valence-electron chi connectivity index (χ3n) is 4.09. The van der Waals surface area contributed by atoms with Crippen LogP contribution < -0.4 is 5.32 Å². The minimum atomic E-state index is -0.888. The fraction of sp³-hybridized carbons (Fsp3) is 0.533. The molecule has 1 saturated carbocycles. The Hall–Kier alpha value is -1.03. The third kappa shape index (κ3) is 3.30. The maximum absolute atomic E-state index is 11.7. The molecule has 2 N–H and O–H groups in total. The summed E-state index contributed by atoms with van der Waals surface area (Å²) in [6, 6.07) is 7.68. The number of carboxylic acids is 1. The van der Waals surface area contributed by atoms with Gasteiger partial charge < -0.3 is 10.4 Å². The smallest absolute Gasteiger partial charge is 0.329 e. The number of rotatable bonds is 4. The molecule has 1 aliphatic carbocycles. The molecule has 0 aliphatic heterocycles. The lowest BCUT2D eigenvalue weighted by molar-refractivity contribution is -0.144. The van der Waals surface area contributed by atoms with Gasteiger partial charge in [-0.15, -0.1) is 0 Å². The van der Waals surface area contributed by atoms with Crippen molar-refractivity contribution in [3.05, 3.63) is 28.7 Å². The molecule has 1 aromatic carbocycles. The van der Waals surface area contributed by atoms with Crippen LogP contribution in [0.5, 0.6) is 0 Å². The fourth-order valence-corrected chi connectivity index (χ4v) is 3.28. The predicted molar refractivity (Wildman–Crippen MR) is 80.4 cm³/mol. The average molecular weight is 326 g/mol. The Bertz CT molecular complexity index is 457. The van der Waals surface area contributed by atoms with E-state index in [2.05, 4.69) is 21.2 Å². The van der Waals surface area contributed by atoms with E-state index in [-0.39, 0.29) is 5.92 Å². The van der Waals surface area contributed by atoms with E-state index < -0.39 is 11.5 Å². The molecular weight excluding hydrogens is 306 g/mol. The second-order valence-electron chi connectivity index (χ2n) is 5.48. The van der Waals surface area contributed by atoms with Crippen LogP contribution in [0.3, 0.4) is 0 Å². The summed E-state index contributed by atoms with van der Waals surface area (Å²) in [7, 11) is 0. The van der Waals surface area contributed by atoms with Crippen LogP contribution in [0, 0.1) is 5.92 Å². The summed E-state index contributed by atoms with van der Waals surface area (Å²) in [6.45, 7) is 1.81. The highest BCUT2D eigenvalue weighted by atomic mass is 79.9. The fourth-order valence-electron chi connectivity index (χ4n) is 2.88. The molecule has 104 valence electrons. The number of aliphatic carboxylic acids is 1. The summed E-state index contributed by atoms with van der Waals surface area (Å²) in [5.74, 6) is -0.572. The van der Waals surface area contributed by atoms with Crippen LogP contribution >= 0.6 is 15.9 Å². The lowest BCUT2D eigenvalue weighted by Crippen LogP contribution is -2.50. The lowest BCUT2D eigenvalue weighted by atomic mass is 9.75. The van der Waals surface area contributed by atoms with E-state index in [0.29, 0.717) is 0 Å². The van der Waals surface area contributed by atoms with Gasteiger partial charge in [-0.3, -0.25) is 0 Å². The molecule has 0 spiro atoms. The van der Waals surface area contributed by atoms with Crippen molar-refractivity contribution in [1.82, 2.24) is 0 Å². The van der Waals surface area contributed by atoms with Crippen LogP contribution in [0.1, 0.15) is 39.0 Å². The second kappa shape index (κ2) is 5.95. The summed E-state index contributed by atoms with van der Waals surface area (Å²) in [5, 5.41) is 12.9. The molecular formula is C15H20BrNO2. The molecule has 3 nitrogen and oxygen atoms in total. The Labute approximate surface area is 122 Å². The van der Waals surface area contributed by atoms with Gasteiger partial charge in [0.15, 0.2) is 0 Å². The van der Waals surface area contributed by atoms with Crippen molar-refractivity contribution < 1.29 is 9.90 Å². The van der Waals surface area contributed by atoms with E-state index in [9.17, 15) is 9.90 Å². The predicted octanol–water partition coefficient (Wildman–Crippen LogP) is 4.28. The third-order valence-corrected chi connectivity index (χ3v) is 4.59. The van der Waals surface area contributed by atoms with Gasteiger partial charge in [0.1, 0.15) is 5.54 Å². The van der Waals surface area contributed by atoms with Gasteiger partial charge in [0.05, 0.1) is 0 Å². The van der Waals surface area contributed by atoms with Crippen LogP contribution in [0.15, 0.2) is 28.7 Å². The van der Waals surface area contributed by atoms with Crippen molar-refractivity contribution in [3.63, 3.8) is 0 Å². The minimum absolute atomic E-state index is 0.192. The van der Waals surface area contributed by atoms with Crippen LogP contribution in [0.2, 0.25) is 0 Å². The molecule has 4 heteroatoms. The second-order valence-corrected chi connectivity index (χ2v) is 6.39. The maximum Gasteiger partial charge on any atom is 0.329 e. The van der Waals surface area contributed by atoms with Crippen molar-refractivity contribution in [2.75, 3.05) is 5.32 Å². The topological polar surface area (TPSA) is 49.3 Å². The average Bonchev–Trinajstić information content (AvgIpc) is 2.39. The van der Waals surface area contributed by atoms with Gasteiger partial charge in [-0.2, -0.15) is 0 Å². The molecule has 1 fully saturated rings. The monoisotopic (exact) mass is 325 g/mol. The Morgan fingerprint density at radius 1 is 1.37 bits per heavy atom. The highest BCUT2D eigenvalue weighted by molar-refractivity contribution is 9.10. The van der Waals surface area contributed by atoms with Crippen molar-refractivity contribution in [1.29, 1.82) is 0 Å². The first-order valence-electron chi connectivity index (χ1n) is 6.79. The molecule has 0 amide bonds. The van der Waals surface area contributed by atoms with Crippen LogP contribution in [-0.4, -0.2) is 16.6 Å². The minimum Gasteiger partial charge on any atom is -0.480 e. The Balaban J connectivity index is 2.21. The number of nitrogens with one attached hydrogen (secondary N) is 1. The molecule has 1 aromatic rings. The van der Waals surface area contributed by atoms with Crippen molar-refractivity contribution in [2.24, 2.45) is 5.92 Å². The number of anilines is 1. The molecule has 0 bridgehead atoms. The van der Waals surface area contributed by atoms with E-state index in [1.807, 2.05) is 31.2 Å². The zero-order chi connectivity index (χ0) is 13.9.